The summed E-state index contributed by atoms with van der Waals surface area (Å²) >= 11 is 0.750. The number of ketones is 2. The average Bonchev–Trinajstić information content (AvgIpc) is 2.84. The number of benzene rings is 2. The van der Waals surface area contributed by atoms with Crippen LogP contribution in [0.2, 0.25) is 0 Å². The van der Waals surface area contributed by atoms with Gasteiger partial charge in [0, 0.05) is 73.7 Å². The van der Waals surface area contributed by atoms with Gasteiger partial charge in [-0.1, -0.05) is 41.5 Å². The Labute approximate surface area is 239 Å². The van der Waals surface area contributed by atoms with Crippen LogP contribution in [0.1, 0.15) is 52.7 Å². The van der Waals surface area contributed by atoms with Crippen LogP contribution in [0.5, 0.6) is 0 Å². The third-order valence-electron chi connectivity index (χ3n) is 5.37. The first kappa shape index (κ1) is 35.0. The van der Waals surface area contributed by atoms with Crippen LogP contribution in [-0.4, -0.2) is 50.0 Å². The fraction of sp³-hybridized carbons (Fsp3) is 0.400. The Balaban J connectivity index is 0.000000676. The van der Waals surface area contributed by atoms with Gasteiger partial charge in [-0.15, -0.1) is 0 Å². The molecule has 38 heavy (non-hydrogen) atoms. The summed E-state index contributed by atoms with van der Waals surface area (Å²) in [4.78, 5) is 27.5. The quantitative estimate of drug-likeness (QED) is 0.240. The van der Waals surface area contributed by atoms with E-state index in [1.807, 2.05) is 104 Å². The number of rotatable bonds is 6. The van der Waals surface area contributed by atoms with E-state index in [-0.39, 0.29) is 23.1 Å². The molecule has 206 valence electrons. The second-order valence-corrected chi connectivity index (χ2v) is 11.2. The standard InChI is InChI=1S/2C15H21NO2.O.Ti/c2*1-15(2,3)14(18)10-13(17)11-6-8-12(9-7-11)16(4)5;;/h2*6-10,17H,1-5H3;;/b2*13-10-;;. The molecule has 0 saturated carbocycles. The van der Waals surface area contributed by atoms with Crippen LogP contribution in [0.25, 0.3) is 11.5 Å². The summed E-state index contributed by atoms with van der Waals surface area (Å²) in [6, 6.07) is 14.8. The summed E-state index contributed by atoms with van der Waals surface area (Å²) < 4.78 is 8.25. The molecule has 0 radical (unpaired) electrons. The molecule has 2 aromatic rings. The van der Waals surface area contributed by atoms with Gasteiger partial charge in [-0.3, -0.25) is 9.59 Å². The molecular weight excluding hydrogens is 516 g/mol. The number of nitrogens with zero attached hydrogens (tertiary/aromatic N) is 2. The van der Waals surface area contributed by atoms with E-state index in [2.05, 4.69) is 0 Å². The van der Waals surface area contributed by atoms with Crippen molar-refractivity contribution < 1.29 is 43.5 Å². The molecule has 0 aliphatic rings. The molecule has 0 spiro atoms. The number of anilines is 2. The molecule has 0 saturated heterocycles. The Kier molecular flexibility index (Phi) is 14.2. The minimum atomic E-state index is -0.475. The molecule has 0 heterocycles. The van der Waals surface area contributed by atoms with E-state index in [0.717, 1.165) is 31.8 Å². The van der Waals surface area contributed by atoms with Crippen LogP contribution in [-0.2, 0) is 33.3 Å². The second kappa shape index (κ2) is 15.4. The molecule has 8 heteroatoms. The molecule has 0 unspecified atom stereocenters. The Morgan fingerprint density at radius 3 is 1.03 bits per heavy atom. The van der Waals surface area contributed by atoms with Crippen molar-refractivity contribution in [3.05, 3.63) is 71.8 Å². The van der Waals surface area contributed by atoms with Crippen LogP contribution in [0.15, 0.2) is 60.7 Å². The van der Waals surface area contributed by atoms with E-state index >= 15 is 0 Å². The van der Waals surface area contributed by atoms with Gasteiger partial charge in [-0.05, 0) is 48.5 Å². The summed E-state index contributed by atoms with van der Waals surface area (Å²) in [7, 11) is 7.81. The molecule has 0 fully saturated rings. The summed E-state index contributed by atoms with van der Waals surface area (Å²) in [5.41, 5.74) is 2.45. The molecule has 2 aromatic carbocycles. The summed E-state index contributed by atoms with van der Waals surface area (Å²) in [6.45, 7) is 11.0. The first-order chi connectivity index (χ1) is 17.4. The van der Waals surface area contributed by atoms with Crippen molar-refractivity contribution in [3.63, 3.8) is 0 Å². The SMILES string of the molecule is CN(C)c1ccc(/C(O)=C/C(=O)C(C)(C)C)cc1.CN(C)c1ccc(/C(O)=C/C(=O)C(C)(C)C)cc1.[O]=[Ti]. The third-order valence-corrected chi connectivity index (χ3v) is 5.37. The van der Waals surface area contributed by atoms with E-state index in [0.29, 0.717) is 11.1 Å². The second-order valence-electron chi connectivity index (χ2n) is 11.2. The summed E-state index contributed by atoms with van der Waals surface area (Å²) in [5.74, 6) is -0.145. The average molecular weight is 559 g/mol. The number of aliphatic hydroxyl groups is 2. The van der Waals surface area contributed by atoms with Crippen LogP contribution >= 0.6 is 0 Å². The predicted molar refractivity (Wildman–Crippen MR) is 152 cm³/mol. The molecule has 2 rings (SSSR count). The molecule has 7 nitrogen and oxygen atoms in total. The zero-order chi connectivity index (χ0) is 29.8. The van der Waals surface area contributed by atoms with Gasteiger partial charge in [-0.25, -0.2) is 0 Å². The van der Waals surface area contributed by atoms with Crippen LogP contribution in [0.3, 0.4) is 0 Å². The van der Waals surface area contributed by atoms with Gasteiger partial charge in [0.05, 0.1) is 0 Å². The van der Waals surface area contributed by atoms with E-state index in [4.69, 9.17) is 3.32 Å². The Morgan fingerprint density at radius 2 is 0.842 bits per heavy atom. The topological polar surface area (TPSA) is 98.2 Å². The monoisotopic (exact) mass is 558 g/mol. The van der Waals surface area contributed by atoms with Crippen molar-refractivity contribution in [2.24, 2.45) is 10.8 Å². The van der Waals surface area contributed by atoms with Gasteiger partial charge in [0.1, 0.15) is 11.5 Å². The van der Waals surface area contributed by atoms with Crippen LogP contribution in [0, 0.1) is 10.8 Å². The first-order valence-electron chi connectivity index (χ1n) is 12.1. The fourth-order valence-electron chi connectivity index (χ4n) is 2.71. The molecule has 0 aliphatic carbocycles. The fourth-order valence-corrected chi connectivity index (χ4v) is 2.71. The molecule has 0 atom stereocenters. The van der Waals surface area contributed by atoms with Crippen molar-refractivity contribution in [2.45, 2.75) is 41.5 Å². The number of allylic oxidation sites excluding steroid dienone is 2. The van der Waals surface area contributed by atoms with Crippen molar-refractivity contribution in [1.82, 2.24) is 0 Å². The Hall–Kier alpha value is -3.03. The van der Waals surface area contributed by atoms with E-state index < -0.39 is 10.8 Å². The predicted octanol–water partition coefficient (Wildman–Crippen LogP) is 6.41. The van der Waals surface area contributed by atoms with E-state index in [9.17, 15) is 19.8 Å². The molecule has 2 N–H and O–H groups in total. The maximum absolute atomic E-state index is 11.8. The maximum atomic E-state index is 11.8. The molecule has 0 amide bonds. The zero-order valence-corrected chi connectivity index (χ0v) is 25.8. The molecule has 0 aromatic heterocycles. The van der Waals surface area contributed by atoms with Gasteiger partial charge < -0.3 is 20.0 Å². The van der Waals surface area contributed by atoms with Crippen molar-refractivity contribution in [1.29, 1.82) is 0 Å². The summed E-state index contributed by atoms with van der Waals surface area (Å²) in [6.07, 6.45) is 2.59. The van der Waals surface area contributed by atoms with E-state index in [1.165, 1.54) is 12.2 Å². The third kappa shape index (κ3) is 12.0. The van der Waals surface area contributed by atoms with Crippen molar-refractivity contribution in [2.75, 3.05) is 38.0 Å². The zero-order valence-electron chi connectivity index (χ0n) is 24.3. The van der Waals surface area contributed by atoms with Crippen molar-refractivity contribution in [3.8, 4) is 0 Å². The van der Waals surface area contributed by atoms with Gasteiger partial charge >= 0.3 is 23.7 Å². The van der Waals surface area contributed by atoms with Gasteiger partial charge in [0.2, 0.25) is 0 Å². The normalized spacial score (nSPS) is 11.8. The molecular formula is C30H42N2O5Ti. The summed E-state index contributed by atoms with van der Waals surface area (Å²) in [5, 5.41) is 19.8. The molecule has 0 aliphatic heterocycles. The van der Waals surface area contributed by atoms with Gasteiger partial charge in [-0.2, -0.15) is 0 Å². The van der Waals surface area contributed by atoms with Gasteiger partial charge in [0.25, 0.3) is 0 Å². The Bertz CT molecular complexity index is 1020. The van der Waals surface area contributed by atoms with Crippen LogP contribution in [0.4, 0.5) is 11.4 Å². The van der Waals surface area contributed by atoms with E-state index in [1.54, 1.807) is 24.3 Å². The number of hydrogen-bond acceptors (Lipinski definition) is 7. The number of carbonyl (C=O) groups is 2. The minimum absolute atomic E-state index is 0.0141. The van der Waals surface area contributed by atoms with Crippen molar-refractivity contribution >= 4 is 34.5 Å². The first-order valence-corrected chi connectivity index (χ1v) is 12.7. The number of hydrogen-bond donors (Lipinski definition) is 2. The number of aliphatic hydroxyl groups excluding tert-OH is 2. The number of carbonyl (C=O) groups excluding carboxylic acids is 2. The molecule has 0 bridgehead atoms. The van der Waals surface area contributed by atoms with Crippen LogP contribution < -0.4 is 9.80 Å². The van der Waals surface area contributed by atoms with Gasteiger partial charge in [0.15, 0.2) is 11.6 Å². The Morgan fingerprint density at radius 1 is 0.605 bits per heavy atom.